The fourth-order valence-corrected chi connectivity index (χ4v) is 3.50. The molecule has 10 nitrogen and oxygen atoms in total. The average Bonchev–Trinajstić information content (AvgIpc) is 3.17. The summed E-state index contributed by atoms with van der Waals surface area (Å²) in [4.78, 5) is 42.8. The second-order valence-electron chi connectivity index (χ2n) is 6.36. The number of hydrogen-bond donors (Lipinski definition) is 3. The number of nitrogens with one attached hydrogen (secondary N) is 3. The number of likely N-dealkylation sites (tertiary alicyclic amines) is 1. The van der Waals surface area contributed by atoms with Gasteiger partial charge >= 0.3 is 17.3 Å². The number of H-pyrrole nitrogens is 3. The normalized spacial score (nSPS) is 18.2. The van der Waals surface area contributed by atoms with Gasteiger partial charge in [-0.25, -0.2) is 19.5 Å². The van der Waals surface area contributed by atoms with E-state index in [1.54, 1.807) is 11.5 Å². The van der Waals surface area contributed by atoms with Crippen molar-refractivity contribution in [3.63, 3.8) is 0 Å². The van der Waals surface area contributed by atoms with Crippen LogP contribution in [0, 0.1) is 0 Å². The van der Waals surface area contributed by atoms with Crippen LogP contribution in [0.25, 0.3) is 0 Å². The summed E-state index contributed by atoms with van der Waals surface area (Å²) >= 11 is 0. The Hall–Kier alpha value is -2.62. The molecule has 26 heavy (non-hydrogen) atoms. The molecular weight excluding hydrogens is 340 g/mol. The Labute approximate surface area is 149 Å². The second kappa shape index (κ2) is 7.73. The number of carbonyl (C=O) groups is 1. The van der Waals surface area contributed by atoms with E-state index in [1.165, 1.54) is 0 Å². The molecule has 0 saturated carbocycles. The van der Waals surface area contributed by atoms with Crippen LogP contribution in [0.3, 0.4) is 0 Å². The van der Waals surface area contributed by atoms with Gasteiger partial charge in [-0.3, -0.25) is 14.5 Å². The van der Waals surface area contributed by atoms with Crippen molar-refractivity contribution >= 4 is 5.97 Å². The van der Waals surface area contributed by atoms with Gasteiger partial charge < -0.3 is 9.72 Å². The number of aromatic amines is 3. The molecule has 1 fully saturated rings. The first-order valence-electron chi connectivity index (χ1n) is 8.89. The topological polar surface area (TPSA) is 129 Å². The highest BCUT2D eigenvalue weighted by Gasteiger charge is 2.27. The molecule has 142 valence electrons. The van der Waals surface area contributed by atoms with Crippen LogP contribution in [0.15, 0.2) is 9.59 Å². The van der Waals surface area contributed by atoms with E-state index >= 15 is 0 Å². The number of imidazole rings is 1. The van der Waals surface area contributed by atoms with Gasteiger partial charge in [0.1, 0.15) is 11.5 Å². The van der Waals surface area contributed by atoms with E-state index in [0.29, 0.717) is 25.3 Å². The Morgan fingerprint density at radius 2 is 2.12 bits per heavy atom. The summed E-state index contributed by atoms with van der Waals surface area (Å²) in [7, 11) is 0. The van der Waals surface area contributed by atoms with Crippen molar-refractivity contribution in [1.29, 1.82) is 0 Å². The molecule has 3 heterocycles. The standard InChI is InChI=1S/C16H24N6O4/c1-3-22-13(19-20-16(22)25)10-6-5-7-21(8-10)9-11-12(14(23)26-4-2)18-15(24)17-11/h10H,3-9H2,1-2H3,(H,20,25)(H2,17,18,24)/t10-/m0/s1. The number of aromatic nitrogens is 5. The lowest BCUT2D eigenvalue weighted by molar-refractivity contribution is 0.0516. The van der Waals surface area contributed by atoms with Crippen LogP contribution >= 0.6 is 0 Å². The Balaban J connectivity index is 1.76. The fraction of sp³-hybridized carbons (Fsp3) is 0.625. The quantitative estimate of drug-likeness (QED) is 0.627. The van der Waals surface area contributed by atoms with E-state index in [0.717, 1.165) is 25.2 Å². The number of hydrogen-bond acceptors (Lipinski definition) is 6. The minimum atomic E-state index is -0.540. The van der Waals surface area contributed by atoms with Crippen molar-refractivity contribution < 1.29 is 9.53 Å². The lowest BCUT2D eigenvalue weighted by Gasteiger charge is -2.31. The van der Waals surface area contributed by atoms with Crippen LogP contribution in [0.4, 0.5) is 0 Å². The van der Waals surface area contributed by atoms with Gasteiger partial charge in [-0.2, -0.15) is 5.10 Å². The van der Waals surface area contributed by atoms with Crippen molar-refractivity contribution in [2.45, 2.75) is 45.7 Å². The smallest absolute Gasteiger partial charge is 0.356 e. The Morgan fingerprint density at radius 3 is 2.85 bits per heavy atom. The maximum atomic E-state index is 12.0. The largest absolute Gasteiger partial charge is 0.461 e. The average molecular weight is 364 g/mol. The molecule has 1 aliphatic heterocycles. The number of carbonyl (C=O) groups excluding carboxylic acids is 1. The van der Waals surface area contributed by atoms with E-state index in [2.05, 4.69) is 25.1 Å². The highest BCUT2D eigenvalue weighted by molar-refractivity contribution is 5.88. The fourth-order valence-electron chi connectivity index (χ4n) is 3.50. The molecular formula is C16H24N6O4. The summed E-state index contributed by atoms with van der Waals surface area (Å²) in [5.74, 6) is 0.344. The molecule has 0 unspecified atom stereocenters. The third-order valence-electron chi connectivity index (χ3n) is 4.64. The van der Waals surface area contributed by atoms with Gasteiger partial charge in [0.05, 0.1) is 12.3 Å². The molecule has 2 aromatic heterocycles. The van der Waals surface area contributed by atoms with Crippen LogP contribution < -0.4 is 11.4 Å². The van der Waals surface area contributed by atoms with Crippen LogP contribution in [0.2, 0.25) is 0 Å². The lowest BCUT2D eigenvalue weighted by Crippen LogP contribution is -2.36. The van der Waals surface area contributed by atoms with Crippen molar-refractivity contribution in [2.75, 3.05) is 19.7 Å². The predicted octanol–water partition coefficient (Wildman–Crippen LogP) is 0.164. The minimum absolute atomic E-state index is 0.124. The molecule has 2 aromatic rings. The van der Waals surface area contributed by atoms with E-state index < -0.39 is 11.7 Å². The minimum Gasteiger partial charge on any atom is -0.461 e. The molecule has 0 radical (unpaired) electrons. The van der Waals surface area contributed by atoms with Crippen LogP contribution in [-0.4, -0.2) is 55.3 Å². The van der Waals surface area contributed by atoms with Crippen molar-refractivity contribution in [3.8, 4) is 0 Å². The van der Waals surface area contributed by atoms with E-state index in [-0.39, 0.29) is 23.9 Å². The summed E-state index contributed by atoms with van der Waals surface area (Å²) in [5, 5.41) is 6.70. The Morgan fingerprint density at radius 1 is 1.31 bits per heavy atom. The maximum Gasteiger partial charge on any atom is 0.356 e. The maximum absolute atomic E-state index is 12.0. The monoisotopic (exact) mass is 364 g/mol. The zero-order valence-corrected chi connectivity index (χ0v) is 15.0. The molecule has 1 saturated heterocycles. The first kappa shape index (κ1) is 18.2. The summed E-state index contributed by atoms with van der Waals surface area (Å²) in [6, 6.07) is 0. The van der Waals surface area contributed by atoms with Crippen molar-refractivity contribution in [1.82, 2.24) is 29.6 Å². The van der Waals surface area contributed by atoms with Gasteiger partial charge in [0, 0.05) is 25.6 Å². The second-order valence-corrected chi connectivity index (χ2v) is 6.36. The molecule has 3 rings (SSSR count). The molecule has 0 amide bonds. The van der Waals surface area contributed by atoms with Gasteiger partial charge in [0.2, 0.25) is 0 Å². The molecule has 1 atom stereocenters. The zero-order valence-electron chi connectivity index (χ0n) is 15.0. The van der Waals surface area contributed by atoms with Crippen molar-refractivity contribution in [2.24, 2.45) is 0 Å². The van der Waals surface area contributed by atoms with Gasteiger partial charge in [-0.05, 0) is 33.2 Å². The molecule has 0 aromatic carbocycles. The number of esters is 1. The third kappa shape index (κ3) is 3.64. The number of nitrogens with zero attached hydrogens (tertiary/aromatic N) is 3. The number of piperidine rings is 1. The molecule has 0 spiro atoms. The Bertz CT molecular complexity index is 876. The molecule has 0 bridgehead atoms. The van der Waals surface area contributed by atoms with Crippen LogP contribution in [0.5, 0.6) is 0 Å². The zero-order chi connectivity index (χ0) is 18.7. The molecule has 10 heteroatoms. The molecule has 1 aliphatic rings. The van der Waals surface area contributed by atoms with Gasteiger partial charge in [-0.15, -0.1) is 0 Å². The molecule has 0 aliphatic carbocycles. The first-order valence-corrected chi connectivity index (χ1v) is 8.89. The highest BCUT2D eigenvalue weighted by atomic mass is 16.5. The summed E-state index contributed by atoms with van der Waals surface area (Å²) in [6.45, 7) is 6.40. The van der Waals surface area contributed by atoms with Crippen molar-refractivity contribution in [3.05, 3.63) is 38.2 Å². The SMILES string of the molecule is CCOC(=O)c1[nH]c(=O)[nH]c1CN1CCC[C@H](c2n[nH]c(=O)n2CC)C1. The summed E-state index contributed by atoms with van der Waals surface area (Å²) in [5.41, 5.74) is 0.0659. The van der Waals surface area contributed by atoms with E-state index in [9.17, 15) is 14.4 Å². The molecule has 3 N–H and O–H groups in total. The predicted molar refractivity (Wildman–Crippen MR) is 93.1 cm³/mol. The van der Waals surface area contributed by atoms with Crippen LogP contribution in [-0.2, 0) is 17.8 Å². The highest BCUT2D eigenvalue weighted by Crippen LogP contribution is 2.26. The summed E-state index contributed by atoms with van der Waals surface area (Å²) in [6.07, 6.45) is 1.88. The van der Waals surface area contributed by atoms with E-state index in [1.807, 2.05) is 6.92 Å². The van der Waals surface area contributed by atoms with Gasteiger partial charge in [0.15, 0.2) is 0 Å². The third-order valence-corrected chi connectivity index (χ3v) is 4.64. The number of rotatable bonds is 6. The van der Waals surface area contributed by atoms with E-state index in [4.69, 9.17) is 4.74 Å². The lowest BCUT2D eigenvalue weighted by atomic mass is 9.97. The van der Waals surface area contributed by atoms with Gasteiger partial charge in [-0.1, -0.05) is 0 Å². The Kier molecular flexibility index (Phi) is 5.40. The number of ether oxygens (including phenoxy) is 1. The van der Waals surface area contributed by atoms with Gasteiger partial charge in [0.25, 0.3) is 0 Å². The van der Waals surface area contributed by atoms with Crippen LogP contribution in [0.1, 0.15) is 54.6 Å². The first-order chi connectivity index (χ1) is 12.5. The summed E-state index contributed by atoms with van der Waals surface area (Å²) < 4.78 is 6.64.